The summed E-state index contributed by atoms with van der Waals surface area (Å²) < 4.78 is 18.2. The summed E-state index contributed by atoms with van der Waals surface area (Å²) in [6.45, 7) is -0.773. The van der Waals surface area contributed by atoms with Crippen molar-refractivity contribution in [2.75, 3.05) is 11.9 Å². The monoisotopic (exact) mass is 386 g/mol. The van der Waals surface area contributed by atoms with Crippen molar-refractivity contribution in [3.63, 3.8) is 0 Å². The van der Waals surface area contributed by atoms with Crippen LogP contribution in [0, 0.1) is 15.9 Å². The zero-order valence-electron chi connectivity index (χ0n) is 12.3. The van der Waals surface area contributed by atoms with Gasteiger partial charge in [-0.3, -0.25) is 14.9 Å². The first-order chi connectivity index (χ1) is 11.8. The Morgan fingerprint density at radius 3 is 2.48 bits per heavy atom. The van der Waals surface area contributed by atoms with Crippen LogP contribution >= 0.6 is 23.2 Å². The third-order valence-corrected chi connectivity index (χ3v) is 3.38. The topological polar surface area (TPSA) is 98.5 Å². The number of halogens is 3. The smallest absolute Gasteiger partial charge is 0.341 e. The van der Waals surface area contributed by atoms with Crippen LogP contribution < -0.4 is 5.32 Å². The normalized spacial score (nSPS) is 10.2. The molecule has 0 fully saturated rings. The molecule has 25 heavy (non-hydrogen) atoms. The SMILES string of the molecule is O=C(COC(=O)c1cc(Cl)ccc1F)Nc1ccc(Cl)cc1[N+](=O)[O-]. The first-order valence-electron chi connectivity index (χ1n) is 6.64. The van der Waals surface area contributed by atoms with Crippen molar-refractivity contribution in [3.05, 3.63) is 67.9 Å². The molecule has 0 saturated heterocycles. The lowest BCUT2D eigenvalue weighted by Crippen LogP contribution is -2.21. The number of carbonyl (C=O) groups is 2. The lowest BCUT2D eigenvalue weighted by molar-refractivity contribution is -0.383. The second kappa shape index (κ2) is 7.91. The average molecular weight is 387 g/mol. The van der Waals surface area contributed by atoms with E-state index in [9.17, 15) is 24.1 Å². The zero-order valence-corrected chi connectivity index (χ0v) is 13.8. The van der Waals surface area contributed by atoms with Crippen molar-refractivity contribution >= 4 is 46.5 Å². The molecule has 1 amide bonds. The molecule has 0 aliphatic carbocycles. The predicted octanol–water partition coefficient (Wildman–Crippen LogP) is 3.84. The molecule has 0 unspecified atom stereocenters. The highest BCUT2D eigenvalue weighted by atomic mass is 35.5. The molecule has 0 saturated carbocycles. The van der Waals surface area contributed by atoms with Crippen molar-refractivity contribution in [3.8, 4) is 0 Å². The van der Waals surface area contributed by atoms with Gasteiger partial charge in [-0.25, -0.2) is 9.18 Å². The van der Waals surface area contributed by atoms with Gasteiger partial charge in [-0.1, -0.05) is 23.2 Å². The van der Waals surface area contributed by atoms with Crippen LogP contribution in [-0.4, -0.2) is 23.4 Å². The van der Waals surface area contributed by atoms with Gasteiger partial charge < -0.3 is 10.1 Å². The fraction of sp³-hybridized carbons (Fsp3) is 0.0667. The van der Waals surface area contributed by atoms with Crippen LogP contribution in [0.25, 0.3) is 0 Å². The van der Waals surface area contributed by atoms with E-state index in [1.54, 1.807) is 0 Å². The molecule has 2 aromatic carbocycles. The number of anilines is 1. The Bertz CT molecular complexity index is 860. The minimum Gasteiger partial charge on any atom is -0.452 e. The Balaban J connectivity index is 2.03. The number of nitro groups is 1. The third kappa shape index (κ3) is 4.88. The Morgan fingerprint density at radius 2 is 1.80 bits per heavy atom. The Hall–Kier alpha value is -2.71. The zero-order chi connectivity index (χ0) is 18.6. The Kier molecular flexibility index (Phi) is 5.89. The largest absolute Gasteiger partial charge is 0.452 e. The highest BCUT2D eigenvalue weighted by molar-refractivity contribution is 6.31. The maximum absolute atomic E-state index is 13.5. The molecule has 10 heteroatoms. The molecule has 0 aliphatic heterocycles. The Labute approximate surface area is 150 Å². The molecular formula is C15H9Cl2FN2O5. The standard InChI is InChI=1S/C15H9Cl2FN2O5/c16-8-1-3-11(18)10(5-8)15(22)25-7-14(21)19-12-4-2-9(17)6-13(12)20(23)24/h1-6H,7H2,(H,19,21). The van der Waals surface area contributed by atoms with E-state index in [0.717, 1.165) is 18.2 Å². The number of hydrogen-bond donors (Lipinski definition) is 1. The summed E-state index contributed by atoms with van der Waals surface area (Å²) >= 11 is 11.3. The van der Waals surface area contributed by atoms with Gasteiger partial charge in [0.05, 0.1) is 10.5 Å². The minimum atomic E-state index is -1.10. The summed E-state index contributed by atoms with van der Waals surface area (Å²) in [6, 6.07) is 6.93. The van der Waals surface area contributed by atoms with E-state index in [1.165, 1.54) is 18.2 Å². The van der Waals surface area contributed by atoms with E-state index in [2.05, 4.69) is 10.1 Å². The number of nitrogens with zero attached hydrogens (tertiary/aromatic N) is 1. The van der Waals surface area contributed by atoms with Gasteiger partial charge in [-0.15, -0.1) is 0 Å². The molecule has 130 valence electrons. The molecule has 7 nitrogen and oxygen atoms in total. The Morgan fingerprint density at radius 1 is 1.16 bits per heavy atom. The van der Waals surface area contributed by atoms with Crippen molar-refractivity contribution in [2.24, 2.45) is 0 Å². The van der Waals surface area contributed by atoms with Crippen molar-refractivity contribution < 1.29 is 23.6 Å². The van der Waals surface area contributed by atoms with Crippen LogP contribution in [0.15, 0.2) is 36.4 Å². The number of amides is 1. The van der Waals surface area contributed by atoms with Gasteiger partial charge in [-0.2, -0.15) is 0 Å². The van der Waals surface area contributed by atoms with Crippen LogP contribution in [0.2, 0.25) is 10.0 Å². The van der Waals surface area contributed by atoms with Crippen molar-refractivity contribution in [1.29, 1.82) is 0 Å². The van der Waals surface area contributed by atoms with Gasteiger partial charge >= 0.3 is 5.97 Å². The van der Waals surface area contributed by atoms with Gasteiger partial charge in [0.2, 0.25) is 0 Å². The number of hydrogen-bond acceptors (Lipinski definition) is 5. The second-order valence-electron chi connectivity index (χ2n) is 4.67. The average Bonchev–Trinajstić information content (AvgIpc) is 2.56. The lowest BCUT2D eigenvalue weighted by Gasteiger charge is -2.08. The van der Waals surface area contributed by atoms with E-state index in [-0.39, 0.29) is 15.7 Å². The number of ether oxygens (including phenoxy) is 1. The fourth-order valence-electron chi connectivity index (χ4n) is 1.81. The van der Waals surface area contributed by atoms with Gasteiger partial charge in [0.15, 0.2) is 6.61 Å². The first-order valence-corrected chi connectivity index (χ1v) is 7.39. The van der Waals surface area contributed by atoms with Gasteiger partial charge in [0.25, 0.3) is 11.6 Å². The third-order valence-electron chi connectivity index (χ3n) is 2.91. The second-order valence-corrected chi connectivity index (χ2v) is 5.54. The summed E-state index contributed by atoms with van der Waals surface area (Å²) in [4.78, 5) is 33.8. The number of nitrogens with one attached hydrogen (secondary N) is 1. The van der Waals surface area contributed by atoms with E-state index in [0.29, 0.717) is 0 Å². The molecule has 1 N–H and O–H groups in total. The maximum atomic E-state index is 13.5. The van der Waals surface area contributed by atoms with E-state index in [4.69, 9.17) is 23.2 Å². The maximum Gasteiger partial charge on any atom is 0.341 e. The summed E-state index contributed by atoms with van der Waals surface area (Å²) in [6.07, 6.45) is 0. The van der Waals surface area contributed by atoms with Gasteiger partial charge in [0, 0.05) is 16.1 Å². The van der Waals surface area contributed by atoms with Crippen LogP contribution in [0.5, 0.6) is 0 Å². The lowest BCUT2D eigenvalue weighted by atomic mass is 10.2. The quantitative estimate of drug-likeness (QED) is 0.478. The van der Waals surface area contributed by atoms with Gasteiger partial charge in [0.1, 0.15) is 11.5 Å². The molecule has 0 aromatic heterocycles. The highest BCUT2D eigenvalue weighted by Crippen LogP contribution is 2.27. The number of rotatable bonds is 5. The highest BCUT2D eigenvalue weighted by Gasteiger charge is 2.19. The molecule has 0 bridgehead atoms. The van der Waals surface area contributed by atoms with Crippen molar-refractivity contribution in [1.82, 2.24) is 0 Å². The van der Waals surface area contributed by atoms with Crippen LogP contribution in [-0.2, 0) is 9.53 Å². The number of benzene rings is 2. The first kappa shape index (κ1) is 18.6. The number of carbonyl (C=O) groups excluding carboxylic acids is 2. The number of esters is 1. The number of nitro benzene ring substituents is 1. The van der Waals surface area contributed by atoms with E-state index >= 15 is 0 Å². The summed E-state index contributed by atoms with van der Waals surface area (Å²) in [5.74, 6) is -2.80. The van der Waals surface area contributed by atoms with Crippen LogP contribution in [0.1, 0.15) is 10.4 Å². The van der Waals surface area contributed by atoms with E-state index < -0.39 is 40.5 Å². The molecule has 0 aliphatic rings. The molecule has 0 atom stereocenters. The summed E-state index contributed by atoms with van der Waals surface area (Å²) in [5, 5.41) is 13.4. The molecule has 2 rings (SSSR count). The van der Waals surface area contributed by atoms with Crippen LogP contribution in [0.4, 0.5) is 15.8 Å². The summed E-state index contributed by atoms with van der Waals surface area (Å²) in [5.41, 5.74) is -0.977. The molecule has 0 heterocycles. The van der Waals surface area contributed by atoms with E-state index in [1.807, 2.05) is 0 Å². The van der Waals surface area contributed by atoms with Crippen LogP contribution in [0.3, 0.4) is 0 Å². The molecule has 0 spiro atoms. The van der Waals surface area contributed by atoms with Crippen molar-refractivity contribution in [2.45, 2.75) is 0 Å². The molecular weight excluding hydrogens is 378 g/mol. The summed E-state index contributed by atoms with van der Waals surface area (Å²) in [7, 11) is 0. The predicted molar refractivity (Wildman–Crippen MR) is 88.4 cm³/mol. The molecule has 2 aromatic rings. The molecule has 0 radical (unpaired) electrons. The van der Waals surface area contributed by atoms with Gasteiger partial charge in [-0.05, 0) is 30.3 Å². The minimum absolute atomic E-state index is 0.118. The fourth-order valence-corrected chi connectivity index (χ4v) is 2.15.